The fraction of sp³-hybridized carbons (Fsp3) is 0.375. The fourth-order valence-electron chi connectivity index (χ4n) is 1.81. The second-order valence-corrected chi connectivity index (χ2v) is 4.92. The van der Waals surface area contributed by atoms with Gasteiger partial charge in [-0.25, -0.2) is 4.79 Å². The lowest BCUT2D eigenvalue weighted by Gasteiger charge is -2.16. The topological polar surface area (TPSA) is 62.1 Å². The van der Waals surface area contributed by atoms with Crippen molar-refractivity contribution in [3.05, 3.63) is 46.7 Å². The lowest BCUT2D eigenvalue weighted by Crippen LogP contribution is -2.26. The minimum Gasteiger partial charge on any atom is -0.465 e. The highest BCUT2D eigenvalue weighted by atomic mass is 16.5. The van der Waals surface area contributed by atoms with Crippen LogP contribution in [0.5, 0.6) is 0 Å². The summed E-state index contributed by atoms with van der Waals surface area (Å²) in [6.07, 6.45) is 0.496. The molecule has 0 bridgehead atoms. The first-order chi connectivity index (χ1) is 9.47. The Labute approximate surface area is 120 Å². The number of hydrogen-bond acceptors (Lipinski definition) is 4. The average Bonchev–Trinajstić information content (AvgIpc) is 2.41. The molecule has 20 heavy (non-hydrogen) atoms. The molecule has 0 atom stereocenters. The van der Waals surface area contributed by atoms with Crippen molar-refractivity contribution in [2.45, 2.75) is 33.2 Å². The Morgan fingerprint density at radius 1 is 1.35 bits per heavy atom. The molecule has 0 amide bonds. The van der Waals surface area contributed by atoms with Gasteiger partial charge in [0, 0.05) is 18.2 Å². The molecule has 0 saturated carbocycles. The van der Waals surface area contributed by atoms with E-state index in [9.17, 15) is 10.1 Å². The van der Waals surface area contributed by atoms with E-state index in [1.165, 1.54) is 12.7 Å². The van der Waals surface area contributed by atoms with Crippen molar-refractivity contribution >= 4 is 5.97 Å². The van der Waals surface area contributed by atoms with Crippen LogP contribution >= 0.6 is 0 Å². The summed E-state index contributed by atoms with van der Waals surface area (Å²) >= 11 is 0. The molecule has 4 heteroatoms. The predicted molar refractivity (Wildman–Crippen MR) is 77.8 cm³/mol. The van der Waals surface area contributed by atoms with E-state index in [4.69, 9.17) is 0 Å². The Hall–Kier alpha value is -2.28. The zero-order valence-electron chi connectivity index (χ0n) is 12.4. The number of aryl methyl sites for hydroxylation is 1. The molecule has 1 N–H and O–H groups in total. The van der Waals surface area contributed by atoms with E-state index in [0.717, 1.165) is 5.56 Å². The van der Waals surface area contributed by atoms with E-state index in [0.29, 0.717) is 12.1 Å². The Bertz CT molecular complexity index is 537. The van der Waals surface area contributed by atoms with E-state index in [2.05, 4.69) is 10.1 Å². The van der Waals surface area contributed by atoms with Crippen LogP contribution in [0.25, 0.3) is 0 Å². The molecule has 0 aromatic heterocycles. The molecule has 106 valence electrons. The summed E-state index contributed by atoms with van der Waals surface area (Å²) in [4.78, 5) is 11.7. The van der Waals surface area contributed by atoms with Gasteiger partial charge in [0.1, 0.15) is 6.07 Å². The van der Waals surface area contributed by atoms with E-state index < -0.39 is 5.97 Å². The maximum absolute atomic E-state index is 11.7. The first kappa shape index (κ1) is 15.8. The van der Waals surface area contributed by atoms with Gasteiger partial charge in [-0.05, 0) is 26.3 Å². The zero-order chi connectivity index (χ0) is 15.1. The summed E-state index contributed by atoms with van der Waals surface area (Å²) in [5.41, 5.74) is 2.83. The van der Waals surface area contributed by atoms with Crippen LogP contribution in [0.4, 0.5) is 0 Å². The molecule has 4 nitrogen and oxygen atoms in total. The van der Waals surface area contributed by atoms with Crippen LogP contribution in [0.2, 0.25) is 0 Å². The number of esters is 1. The fourth-order valence-corrected chi connectivity index (χ4v) is 1.81. The number of rotatable bonds is 5. The summed E-state index contributed by atoms with van der Waals surface area (Å²) in [6, 6.07) is 10.1. The third-order valence-corrected chi connectivity index (χ3v) is 2.77. The average molecular weight is 272 g/mol. The summed E-state index contributed by atoms with van der Waals surface area (Å²) in [5, 5.41) is 12.3. The van der Waals surface area contributed by atoms with Crippen molar-refractivity contribution < 1.29 is 9.53 Å². The minimum absolute atomic E-state index is 0.0294. The molecule has 0 fully saturated rings. The Morgan fingerprint density at radius 3 is 2.40 bits per heavy atom. The van der Waals surface area contributed by atoms with Crippen molar-refractivity contribution in [1.82, 2.24) is 5.32 Å². The highest BCUT2D eigenvalue weighted by Gasteiger charge is 2.17. The first-order valence-corrected chi connectivity index (χ1v) is 6.51. The number of carbonyl (C=O) groups excluding carboxylic acids is 1. The highest BCUT2D eigenvalue weighted by Crippen LogP contribution is 2.13. The van der Waals surface area contributed by atoms with Gasteiger partial charge in [-0.1, -0.05) is 29.8 Å². The summed E-state index contributed by atoms with van der Waals surface area (Å²) in [7, 11) is 1.28. The SMILES string of the molecule is COC(=O)/C(C#N)=C(/Cc1ccc(C)cc1)NC(C)C. The van der Waals surface area contributed by atoms with Crippen LogP contribution in [0.3, 0.4) is 0 Å². The van der Waals surface area contributed by atoms with E-state index >= 15 is 0 Å². The maximum Gasteiger partial charge on any atom is 0.350 e. The number of nitriles is 1. The van der Waals surface area contributed by atoms with Crippen molar-refractivity contribution in [1.29, 1.82) is 5.26 Å². The normalized spacial score (nSPS) is 11.6. The van der Waals surface area contributed by atoms with Crippen LogP contribution in [-0.2, 0) is 16.0 Å². The Kier molecular flexibility index (Phi) is 5.79. The second kappa shape index (κ2) is 7.34. The van der Waals surface area contributed by atoms with Gasteiger partial charge < -0.3 is 10.1 Å². The maximum atomic E-state index is 11.7. The number of allylic oxidation sites excluding steroid dienone is 1. The Morgan fingerprint density at radius 2 is 1.95 bits per heavy atom. The molecular formula is C16H20N2O2. The van der Waals surface area contributed by atoms with Crippen molar-refractivity contribution in [2.75, 3.05) is 7.11 Å². The molecular weight excluding hydrogens is 252 g/mol. The van der Waals surface area contributed by atoms with Gasteiger partial charge in [-0.3, -0.25) is 0 Å². The number of methoxy groups -OCH3 is 1. The van der Waals surface area contributed by atoms with Crippen LogP contribution in [-0.4, -0.2) is 19.1 Å². The van der Waals surface area contributed by atoms with Gasteiger partial charge in [-0.2, -0.15) is 5.26 Å². The van der Waals surface area contributed by atoms with Crippen LogP contribution in [0.1, 0.15) is 25.0 Å². The van der Waals surface area contributed by atoms with E-state index in [1.54, 1.807) is 0 Å². The second-order valence-electron chi connectivity index (χ2n) is 4.92. The quantitative estimate of drug-likeness (QED) is 0.508. The summed E-state index contributed by atoms with van der Waals surface area (Å²) in [5.74, 6) is -0.609. The third kappa shape index (κ3) is 4.43. The van der Waals surface area contributed by atoms with Crippen molar-refractivity contribution in [3.63, 3.8) is 0 Å². The number of carbonyl (C=O) groups is 1. The van der Waals surface area contributed by atoms with Crippen LogP contribution in [0, 0.1) is 18.3 Å². The van der Waals surface area contributed by atoms with E-state index in [-0.39, 0.29) is 11.6 Å². The largest absolute Gasteiger partial charge is 0.465 e. The highest BCUT2D eigenvalue weighted by molar-refractivity contribution is 5.93. The van der Waals surface area contributed by atoms with Crippen molar-refractivity contribution in [2.24, 2.45) is 0 Å². The molecule has 0 saturated heterocycles. The molecule has 0 spiro atoms. The first-order valence-electron chi connectivity index (χ1n) is 6.51. The molecule has 0 radical (unpaired) electrons. The smallest absolute Gasteiger partial charge is 0.350 e. The minimum atomic E-state index is -0.609. The number of ether oxygens (including phenoxy) is 1. The summed E-state index contributed by atoms with van der Waals surface area (Å²) in [6.45, 7) is 5.94. The molecule has 1 rings (SSSR count). The number of nitrogens with zero attached hydrogens (tertiary/aromatic N) is 1. The van der Waals surface area contributed by atoms with Gasteiger partial charge in [0.2, 0.25) is 0 Å². The predicted octanol–water partition coefficient (Wildman–Crippen LogP) is 2.49. The summed E-state index contributed by atoms with van der Waals surface area (Å²) < 4.78 is 4.66. The number of nitrogens with one attached hydrogen (secondary N) is 1. The van der Waals surface area contributed by atoms with Gasteiger partial charge >= 0.3 is 5.97 Å². The van der Waals surface area contributed by atoms with E-state index in [1.807, 2.05) is 51.1 Å². The number of benzene rings is 1. The monoisotopic (exact) mass is 272 g/mol. The molecule has 1 aromatic rings. The van der Waals surface area contributed by atoms with Gasteiger partial charge in [0.05, 0.1) is 7.11 Å². The van der Waals surface area contributed by atoms with Crippen LogP contribution in [0.15, 0.2) is 35.5 Å². The number of hydrogen-bond donors (Lipinski definition) is 1. The molecule has 0 aliphatic carbocycles. The Balaban J connectivity index is 3.12. The lowest BCUT2D eigenvalue weighted by atomic mass is 10.0. The standard InChI is InChI=1S/C16H20N2O2/c1-11(2)18-15(14(10-17)16(19)20-4)9-13-7-5-12(3)6-8-13/h5-8,11,18H,9H2,1-4H3/b15-14-. The van der Waals surface area contributed by atoms with Crippen molar-refractivity contribution in [3.8, 4) is 6.07 Å². The zero-order valence-corrected chi connectivity index (χ0v) is 12.4. The third-order valence-electron chi connectivity index (χ3n) is 2.77. The molecule has 0 heterocycles. The lowest BCUT2D eigenvalue weighted by molar-refractivity contribution is -0.135. The van der Waals surface area contributed by atoms with Gasteiger partial charge in [-0.15, -0.1) is 0 Å². The molecule has 0 aliphatic heterocycles. The molecule has 1 aromatic carbocycles. The van der Waals surface area contributed by atoms with Gasteiger partial charge in [0.25, 0.3) is 0 Å². The van der Waals surface area contributed by atoms with Gasteiger partial charge in [0.15, 0.2) is 5.57 Å². The van der Waals surface area contributed by atoms with Crippen LogP contribution < -0.4 is 5.32 Å². The molecule has 0 aliphatic rings. The molecule has 0 unspecified atom stereocenters.